The van der Waals surface area contributed by atoms with Gasteiger partial charge in [-0.25, -0.2) is 13.2 Å². The molecule has 0 fully saturated rings. The van der Waals surface area contributed by atoms with Gasteiger partial charge in [-0.3, -0.25) is 0 Å². The molecule has 0 spiro atoms. The maximum Gasteiger partial charge on any atom is 0.266 e. The van der Waals surface area contributed by atoms with Crippen molar-refractivity contribution in [1.82, 2.24) is 0 Å². The summed E-state index contributed by atoms with van der Waals surface area (Å²) in [4.78, 5) is 0. The third-order valence-corrected chi connectivity index (χ3v) is 2.85. The van der Waals surface area contributed by atoms with E-state index in [1.54, 1.807) is 0 Å². The molecule has 74 valence electrons. The minimum Gasteiger partial charge on any atom is -0.391 e. The lowest BCUT2D eigenvalue weighted by atomic mass is 10.1. The summed E-state index contributed by atoms with van der Waals surface area (Å²) in [6.07, 6.45) is -2.79. The lowest BCUT2D eigenvalue weighted by Crippen LogP contribution is -1.89. The molecule has 0 aliphatic carbocycles. The van der Waals surface area contributed by atoms with Crippen LogP contribution in [-0.4, -0.2) is 0 Å². The molecule has 1 aromatic heterocycles. The van der Waals surface area contributed by atoms with E-state index in [4.69, 9.17) is 5.73 Å². The summed E-state index contributed by atoms with van der Waals surface area (Å²) >= 11 is 1.18. The molecule has 0 bridgehead atoms. The van der Waals surface area contributed by atoms with E-state index in [0.29, 0.717) is 9.70 Å². The largest absolute Gasteiger partial charge is 0.391 e. The van der Waals surface area contributed by atoms with Gasteiger partial charge in [-0.05, 0) is 18.2 Å². The Morgan fingerprint density at radius 3 is 2.64 bits per heavy atom. The van der Waals surface area contributed by atoms with Crippen molar-refractivity contribution in [1.29, 1.82) is 0 Å². The van der Waals surface area contributed by atoms with Gasteiger partial charge in [0.15, 0.2) is 0 Å². The Morgan fingerprint density at radius 1 is 1.29 bits per heavy atom. The first-order chi connectivity index (χ1) is 6.59. The fourth-order valence-electron chi connectivity index (χ4n) is 1.28. The molecule has 0 atom stereocenters. The Morgan fingerprint density at radius 2 is 2.00 bits per heavy atom. The third-order valence-electron chi connectivity index (χ3n) is 1.92. The van der Waals surface area contributed by atoms with Gasteiger partial charge in [-0.2, -0.15) is 0 Å². The first kappa shape index (κ1) is 9.33. The first-order valence-electron chi connectivity index (χ1n) is 3.85. The lowest BCUT2D eigenvalue weighted by Gasteiger charge is -2.01. The number of halogens is 3. The SMILES string of the molecule is Nc1cc2c(F)c(C(F)F)ccc2s1. The second kappa shape index (κ2) is 3.16. The quantitative estimate of drug-likeness (QED) is 0.776. The number of hydrogen-bond donors (Lipinski definition) is 1. The molecule has 0 aliphatic heterocycles. The van der Waals surface area contributed by atoms with E-state index in [2.05, 4.69) is 0 Å². The van der Waals surface area contributed by atoms with Crippen LogP contribution in [0.4, 0.5) is 18.2 Å². The average molecular weight is 217 g/mol. The minimum absolute atomic E-state index is 0.172. The van der Waals surface area contributed by atoms with Crippen LogP contribution < -0.4 is 5.73 Å². The zero-order valence-corrected chi connectivity index (χ0v) is 7.75. The number of hydrogen-bond acceptors (Lipinski definition) is 2. The van der Waals surface area contributed by atoms with Crippen molar-refractivity contribution in [2.75, 3.05) is 5.73 Å². The van der Waals surface area contributed by atoms with Gasteiger partial charge in [-0.1, -0.05) is 0 Å². The van der Waals surface area contributed by atoms with Crippen LogP contribution >= 0.6 is 11.3 Å². The number of alkyl halides is 2. The predicted octanol–water partition coefficient (Wildman–Crippen LogP) is 3.56. The number of nitrogen functional groups attached to an aromatic ring is 1. The Kier molecular flexibility index (Phi) is 2.11. The fourth-order valence-corrected chi connectivity index (χ4v) is 2.11. The molecular formula is C9H6F3NS. The molecule has 0 aliphatic rings. The summed E-state index contributed by atoms with van der Waals surface area (Å²) in [5, 5.41) is 0.593. The average Bonchev–Trinajstić information content (AvgIpc) is 2.46. The number of anilines is 1. The van der Waals surface area contributed by atoms with Crippen molar-refractivity contribution < 1.29 is 13.2 Å². The molecule has 0 amide bonds. The summed E-state index contributed by atoms with van der Waals surface area (Å²) in [7, 11) is 0. The van der Waals surface area contributed by atoms with Crippen molar-refractivity contribution in [3.63, 3.8) is 0 Å². The summed E-state index contributed by atoms with van der Waals surface area (Å²) in [6, 6.07) is 3.93. The van der Waals surface area contributed by atoms with E-state index in [0.717, 1.165) is 6.07 Å². The Bertz CT molecular complexity index is 478. The van der Waals surface area contributed by atoms with E-state index in [-0.39, 0.29) is 5.39 Å². The van der Waals surface area contributed by atoms with Gasteiger partial charge in [-0.15, -0.1) is 11.3 Å². The number of thiophene rings is 1. The predicted molar refractivity (Wildman–Crippen MR) is 51.2 cm³/mol. The Hall–Kier alpha value is -1.23. The molecular weight excluding hydrogens is 211 g/mol. The lowest BCUT2D eigenvalue weighted by molar-refractivity contribution is 0.147. The maximum atomic E-state index is 13.4. The summed E-state index contributed by atoms with van der Waals surface area (Å²) < 4.78 is 38.6. The van der Waals surface area contributed by atoms with E-state index in [1.165, 1.54) is 23.5 Å². The molecule has 1 aromatic carbocycles. The van der Waals surface area contributed by atoms with Crippen molar-refractivity contribution in [2.45, 2.75) is 6.43 Å². The van der Waals surface area contributed by atoms with E-state index < -0.39 is 17.8 Å². The summed E-state index contributed by atoms with van der Waals surface area (Å²) in [5.74, 6) is -0.870. The highest BCUT2D eigenvalue weighted by atomic mass is 32.1. The van der Waals surface area contributed by atoms with Crippen LogP contribution in [0.3, 0.4) is 0 Å². The van der Waals surface area contributed by atoms with E-state index in [1.807, 2.05) is 0 Å². The zero-order chi connectivity index (χ0) is 10.3. The normalized spacial score (nSPS) is 11.4. The second-order valence-electron chi connectivity index (χ2n) is 2.83. The second-order valence-corrected chi connectivity index (χ2v) is 3.95. The van der Waals surface area contributed by atoms with Crippen molar-refractivity contribution >= 4 is 26.4 Å². The fraction of sp³-hybridized carbons (Fsp3) is 0.111. The van der Waals surface area contributed by atoms with Gasteiger partial charge in [0.1, 0.15) is 5.82 Å². The zero-order valence-electron chi connectivity index (χ0n) is 6.93. The first-order valence-corrected chi connectivity index (χ1v) is 4.67. The number of benzene rings is 1. The van der Waals surface area contributed by atoms with Crippen molar-refractivity contribution in [2.24, 2.45) is 0 Å². The number of nitrogens with two attached hydrogens (primary N) is 1. The minimum atomic E-state index is -2.79. The Labute approximate surface area is 82.0 Å². The summed E-state index contributed by atoms with van der Waals surface area (Å²) in [5.41, 5.74) is 4.88. The van der Waals surface area contributed by atoms with Gasteiger partial charge in [0, 0.05) is 10.1 Å². The van der Waals surface area contributed by atoms with Gasteiger partial charge in [0.05, 0.1) is 10.6 Å². The summed E-state index contributed by atoms with van der Waals surface area (Å²) in [6.45, 7) is 0. The number of rotatable bonds is 1. The molecule has 14 heavy (non-hydrogen) atoms. The van der Waals surface area contributed by atoms with E-state index in [9.17, 15) is 13.2 Å². The van der Waals surface area contributed by atoms with Crippen LogP contribution in [0.5, 0.6) is 0 Å². The van der Waals surface area contributed by atoms with Gasteiger partial charge in [0.25, 0.3) is 6.43 Å². The highest BCUT2D eigenvalue weighted by Gasteiger charge is 2.16. The number of fused-ring (bicyclic) bond motifs is 1. The molecule has 0 saturated carbocycles. The highest BCUT2D eigenvalue weighted by molar-refractivity contribution is 7.22. The monoisotopic (exact) mass is 217 g/mol. The van der Waals surface area contributed by atoms with Gasteiger partial charge in [0.2, 0.25) is 0 Å². The van der Waals surface area contributed by atoms with Gasteiger partial charge >= 0.3 is 0 Å². The standard InChI is InChI=1S/C9H6F3NS/c10-8-4(9(11)12)1-2-6-5(8)3-7(13)14-6/h1-3,9H,13H2. The van der Waals surface area contributed by atoms with Crippen LogP contribution in [0.2, 0.25) is 0 Å². The van der Waals surface area contributed by atoms with E-state index >= 15 is 0 Å². The van der Waals surface area contributed by atoms with Crippen LogP contribution in [-0.2, 0) is 0 Å². The third kappa shape index (κ3) is 1.33. The smallest absolute Gasteiger partial charge is 0.266 e. The molecule has 0 radical (unpaired) electrons. The Balaban J connectivity index is 2.74. The molecule has 1 nitrogen and oxygen atoms in total. The maximum absolute atomic E-state index is 13.4. The molecule has 2 N–H and O–H groups in total. The molecule has 1 heterocycles. The van der Waals surface area contributed by atoms with Gasteiger partial charge < -0.3 is 5.73 Å². The molecule has 0 saturated heterocycles. The van der Waals surface area contributed by atoms with Crippen LogP contribution in [0.1, 0.15) is 12.0 Å². The van der Waals surface area contributed by atoms with Crippen molar-refractivity contribution in [3.8, 4) is 0 Å². The van der Waals surface area contributed by atoms with Crippen LogP contribution in [0.25, 0.3) is 10.1 Å². The highest BCUT2D eigenvalue weighted by Crippen LogP contribution is 2.33. The van der Waals surface area contributed by atoms with Crippen molar-refractivity contribution in [3.05, 3.63) is 29.6 Å². The molecule has 0 unspecified atom stereocenters. The molecule has 2 aromatic rings. The van der Waals surface area contributed by atoms with Crippen LogP contribution in [0, 0.1) is 5.82 Å². The molecule has 5 heteroatoms. The topological polar surface area (TPSA) is 26.0 Å². The molecule has 2 rings (SSSR count). The van der Waals surface area contributed by atoms with Crippen LogP contribution in [0.15, 0.2) is 18.2 Å².